The van der Waals surface area contributed by atoms with Gasteiger partial charge in [-0.1, -0.05) is 29.8 Å². The van der Waals surface area contributed by atoms with Gasteiger partial charge in [-0.2, -0.15) is 0 Å². The molecule has 0 saturated carbocycles. The van der Waals surface area contributed by atoms with Gasteiger partial charge in [0.2, 0.25) is 10.0 Å². The number of aliphatic hydroxyl groups excluding tert-OH is 1. The van der Waals surface area contributed by atoms with Crippen LogP contribution in [0.1, 0.15) is 26.7 Å². The summed E-state index contributed by atoms with van der Waals surface area (Å²) < 4.78 is 27.7. The number of hydrogen-bond acceptors (Lipinski definition) is 5. The number of nitrogens with zero attached hydrogens (tertiary/aromatic N) is 1. The van der Waals surface area contributed by atoms with Crippen molar-refractivity contribution in [3.05, 3.63) is 32.8 Å². The number of aliphatic hydroxyl groups is 1. The van der Waals surface area contributed by atoms with Crippen molar-refractivity contribution >= 4 is 31.6 Å². The number of nitro benzene ring substituents is 1. The molecule has 0 atom stereocenters. The van der Waals surface area contributed by atoms with Gasteiger partial charge in [-0.25, -0.2) is 13.1 Å². The second-order valence-electron chi connectivity index (χ2n) is 4.62. The zero-order valence-corrected chi connectivity index (χ0v) is 14.1. The summed E-state index contributed by atoms with van der Waals surface area (Å²) in [6.07, 6.45) is 0.724. The maximum atomic E-state index is 12.5. The van der Waals surface area contributed by atoms with Gasteiger partial charge in [-0.15, -0.1) is 0 Å². The van der Waals surface area contributed by atoms with Crippen LogP contribution >= 0.6 is 15.9 Å². The van der Waals surface area contributed by atoms with E-state index in [-0.39, 0.29) is 6.61 Å². The van der Waals surface area contributed by atoms with E-state index in [1.807, 2.05) is 0 Å². The van der Waals surface area contributed by atoms with Crippen LogP contribution in [0.15, 0.2) is 27.6 Å². The molecule has 0 unspecified atom stereocenters. The van der Waals surface area contributed by atoms with Crippen LogP contribution in [-0.2, 0) is 10.0 Å². The fourth-order valence-corrected chi connectivity index (χ4v) is 4.09. The molecule has 1 aromatic rings. The Morgan fingerprint density at radius 1 is 1.38 bits per heavy atom. The van der Waals surface area contributed by atoms with Crippen LogP contribution in [0.4, 0.5) is 5.69 Å². The van der Waals surface area contributed by atoms with Crippen molar-refractivity contribution in [1.82, 2.24) is 4.72 Å². The summed E-state index contributed by atoms with van der Waals surface area (Å²) in [5, 5.41) is 20.5. The van der Waals surface area contributed by atoms with Crippen molar-refractivity contribution in [3.63, 3.8) is 0 Å². The van der Waals surface area contributed by atoms with Crippen molar-refractivity contribution in [3.8, 4) is 0 Å². The van der Waals surface area contributed by atoms with Crippen molar-refractivity contribution in [2.24, 2.45) is 0 Å². The van der Waals surface area contributed by atoms with E-state index >= 15 is 0 Å². The number of hydrogen-bond donors (Lipinski definition) is 2. The molecule has 21 heavy (non-hydrogen) atoms. The minimum atomic E-state index is -4.13. The zero-order chi connectivity index (χ0) is 16.3. The Balaban J connectivity index is 3.38. The summed E-state index contributed by atoms with van der Waals surface area (Å²) in [5.74, 6) is 0. The average molecular weight is 381 g/mol. The van der Waals surface area contributed by atoms with E-state index in [9.17, 15) is 23.6 Å². The van der Waals surface area contributed by atoms with Crippen LogP contribution in [0.5, 0.6) is 0 Å². The molecule has 0 bridgehead atoms. The van der Waals surface area contributed by atoms with Crippen LogP contribution < -0.4 is 4.72 Å². The lowest BCUT2D eigenvalue weighted by atomic mass is 9.96. The summed E-state index contributed by atoms with van der Waals surface area (Å²) in [5.41, 5.74) is -1.54. The molecule has 0 amide bonds. The van der Waals surface area contributed by atoms with Gasteiger partial charge in [0.25, 0.3) is 5.69 Å². The van der Waals surface area contributed by atoms with E-state index < -0.39 is 31.1 Å². The Labute approximate surface area is 131 Å². The van der Waals surface area contributed by atoms with Gasteiger partial charge < -0.3 is 5.11 Å². The van der Waals surface area contributed by atoms with Gasteiger partial charge in [0.1, 0.15) is 0 Å². The molecule has 0 aliphatic carbocycles. The van der Waals surface area contributed by atoms with Crippen LogP contribution in [0.25, 0.3) is 0 Å². The first-order valence-corrected chi connectivity index (χ1v) is 8.57. The summed E-state index contributed by atoms with van der Waals surface area (Å²) >= 11 is 3.10. The SMILES string of the molecule is CCC(CC)(CO)NS(=O)(=O)c1cc(Br)ccc1[N+](=O)[O-]. The molecule has 0 aliphatic rings. The van der Waals surface area contributed by atoms with Crippen LogP contribution in [-0.4, -0.2) is 30.6 Å². The fraction of sp³-hybridized carbons (Fsp3) is 0.500. The second-order valence-corrected chi connectivity index (χ2v) is 7.19. The highest BCUT2D eigenvalue weighted by Gasteiger charge is 2.35. The molecule has 0 radical (unpaired) electrons. The third kappa shape index (κ3) is 4.00. The topological polar surface area (TPSA) is 110 Å². The molecule has 0 spiro atoms. The van der Waals surface area contributed by atoms with Crippen LogP contribution in [0, 0.1) is 10.1 Å². The van der Waals surface area contributed by atoms with E-state index in [2.05, 4.69) is 20.7 Å². The van der Waals surface area contributed by atoms with E-state index in [1.165, 1.54) is 12.1 Å². The van der Waals surface area contributed by atoms with Crippen molar-refractivity contribution in [2.75, 3.05) is 6.61 Å². The number of nitro groups is 1. The Morgan fingerprint density at radius 2 is 1.95 bits per heavy atom. The summed E-state index contributed by atoms with van der Waals surface area (Å²) in [7, 11) is -4.13. The first-order chi connectivity index (χ1) is 9.71. The number of rotatable bonds is 7. The Kier molecular flexibility index (Phi) is 5.85. The van der Waals surface area contributed by atoms with Gasteiger partial charge in [0, 0.05) is 10.5 Å². The van der Waals surface area contributed by atoms with Gasteiger partial charge >= 0.3 is 0 Å². The Morgan fingerprint density at radius 3 is 2.38 bits per heavy atom. The zero-order valence-electron chi connectivity index (χ0n) is 11.7. The monoisotopic (exact) mass is 380 g/mol. The predicted octanol–water partition coefficient (Wildman–Crippen LogP) is 2.19. The number of halogens is 1. The minimum Gasteiger partial charge on any atom is -0.394 e. The quantitative estimate of drug-likeness (QED) is 0.556. The summed E-state index contributed by atoms with van der Waals surface area (Å²) in [6, 6.07) is 3.70. The lowest BCUT2D eigenvalue weighted by Crippen LogP contribution is -2.50. The average Bonchev–Trinajstić information content (AvgIpc) is 2.44. The van der Waals surface area contributed by atoms with E-state index in [1.54, 1.807) is 13.8 Å². The highest BCUT2D eigenvalue weighted by atomic mass is 79.9. The molecular weight excluding hydrogens is 364 g/mol. The highest BCUT2D eigenvalue weighted by molar-refractivity contribution is 9.10. The third-order valence-corrected chi connectivity index (χ3v) is 5.52. The number of nitrogens with one attached hydrogen (secondary N) is 1. The van der Waals surface area contributed by atoms with Gasteiger partial charge in [-0.3, -0.25) is 10.1 Å². The van der Waals surface area contributed by atoms with E-state index in [4.69, 9.17) is 0 Å². The van der Waals surface area contributed by atoms with Gasteiger partial charge in [-0.05, 0) is 25.0 Å². The maximum absolute atomic E-state index is 12.5. The van der Waals surface area contributed by atoms with Gasteiger partial charge in [0.05, 0.1) is 17.1 Å². The standard InChI is InChI=1S/C12H17BrN2O5S/c1-3-12(4-2,8-16)14-21(19,20)11-7-9(13)5-6-10(11)15(17)18/h5-7,14,16H,3-4,8H2,1-2H3. The number of benzene rings is 1. The molecule has 9 heteroatoms. The first kappa shape index (κ1) is 18.0. The lowest BCUT2D eigenvalue weighted by molar-refractivity contribution is -0.387. The first-order valence-electron chi connectivity index (χ1n) is 6.30. The Hall–Kier alpha value is -1.03. The molecule has 0 fully saturated rings. The van der Waals surface area contributed by atoms with Crippen LogP contribution in [0.3, 0.4) is 0 Å². The molecule has 2 N–H and O–H groups in total. The third-order valence-electron chi connectivity index (χ3n) is 3.42. The van der Waals surface area contributed by atoms with Crippen molar-refractivity contribution in [1.29, 1.82) is 0 Å². The lowest BCUT2D eigenvalue weighted by Gasteiger charge is -2.30. The molecule has 7 nitrogen and oxygen atoms in total. The molecule has 0 aromatic heterocycles. The van der Waals surface area contributed by atoms with E-state index in [0.29, 0.717) is 17.3 Å². The molecule has 1 aromatic carbocycles. The summed E-state index contributed by atoms with van der Waals surface area (Å²) in [6.45, 7) is 3.08. The fourth-order valence-electron chi connectivity index (χ4n) is 1.84. The smallest absolute Gasteiger partial charge is 0.289 e. The minimum absolute atomic E-state index is 0.362. The normalized spacial score (nSPS) is 12.4. The van der Waals surface area contributed by atoms with Gasteiger partial charge in [0.15, 0.2) is 4.90 Å². The second kappa shape index (κ2) is 6.82. The number of sulfonamides is 1. The predicted molar refractivity (Wildman–Crippen MR) is 81.5 cm³/mol. The molecule has 0 saturated heterocycles. The molecule has 0 heterocycles. The Bertz CT molecular complexity index is 620. The maximum Gasteiger partial charge on any atom is 0.289 e. The van der Waals surface area contributed by atoms with Crippen LogP contribution in [0.2, 0.25) is 0 Å². The molecule has 0 aliphatic heterocycles. The largest absolute Gasteiger partial charge is 0.394 e. The molecular formula is C12H17BrN2O5S. The van der Waals surface area contributed by atoms with E-state index in [0.717, 1.165) is 6.07 Å². The van der Waals surface area contributed by atoms with Crippen molar-refractivity contribution in [2.45, 2.75) is 37.1 Å². The molecule has 118 valence electrons. The van der Waals surface area contributed by atoms with Crippen molar-refractivity contribution < 1.29 is 18.4 Å². The summed E-state index contributed by atoms with van der Waals surface area (Å²) in [4.78, 5) is 9.82. The highest BCUT2D eigenvalue weighted by Crippen LogP contribution is 2.29. The molecule has 1 rings (SSSR count).